The number of amides is 1. The Morgan fingerprint density at radius 3 is 2.68 bits per heavy atom. The first kappa shape index (κ1) is 24.1. The minimum Gasteiger partial charge on any atom is -0.447 e. The molecule has 2 heterocycles. The predicted octanol–water partition coefficient (Wildman–Crippen LogP) is 3.56. The Labute approximate surface area is 201 Å². The Morgan fingerprint density at radius 2 is 1.88 bits per heavy atom. The summed E-state index contributed by atoms with van der Waals surface area (Å²) in [5, 5.41) is 2.91. The number of oxazole rings is 1. The third-order valence-electron chi connectivity index (χ3n) is 6.17. The van der Waals surface area contributed by atoms with E-state index < -0.39 is 0 Å². The van der Waals surface area contributed by atoms with Gasteiger partial charge >= 0.3 is 0 Å². The molecule has 0 saturated carbocycles. The summed E-state index contributed by atoms with van der Waals surface area (Å²) in [6.45, 7) is 11.4. The Morgan fingerprint density at radius 1 is 1.09 bits per heavy atom. The summed E-state index contributed by atoms with van der Waals surface area (Å²) < 4.78 is 11.2. The first-order chi connectivity index (χ1) is 16.6. The number of hydrogen-bond acceptors (Lipinski definition) is 6. The second-order valence-corrected chi connectivity index (χ2v) is 8.89. The van der Waals surface area contributed by atoms with Crippen LogP contribution in [-0.4, -0.2) is 60.1 Å². The highest BCUT2D eigenvalue weighted by molar-refractivity contribution is 5.91. The number of hydrogen-bond donors (Lipinski definition) is 1. The van der Waals surface area contributed by atoms with Crippen molar-refractivity contribution in [2.45, 2.75) is 33.5 Å². The van der Waals surface area contributed by atoms with Crippen LogP contribution < -0.4 is 5.32 Å². The normalized spacial score (nSPS) is 14.4. The van der Waals surface area contributed by atoms with Crippen molar-refractivity contribution < 1.29 is 13.9 Å². The molecule has 3 aromatic rings. The molecule has 1 amide bonds. The maximum atomic E-state index is 12.6. The molecular formula is C27H34N4O3. The molecule has 7 heteroatoms. The van der Waals surface area contributed by atoms with Gasteiger partial charge in [-0.05, 0) is 30.5 Å². The zero-order chi connectivity index (χ0) is 23.8. The van der Waals surface area contributed by atoms with Gasteiger partial charge in [0.05, 0.1) is 19.8 Å². The van der Waals surface area contributed by atoms with Gasteiger partial charge < -0.3 is 14.5 Å². The lowest BCUT2D eigenvalue weighted by molar-refractivity contribution is 0.0320. The molecular weight excluding hydrogens is 428 g/mol. The van der Waals surface area contributed by atoms with Gasteiger partial charge in [-0.15, -0.1) is 0 Å². The minimum absolute atomic E-state index is 0.228. The van der Waals surface area contributed by atoms with Crippen LogP contribution in [0.4, 0.5) is 0 Å². The largest absolute Gasteiger partial charge is 0.447 e. The smallest absolute Gasteiger partial charge is 0.273 e. The van der Waals surface area contributed by atoms with Crippen LogP contribution in [0.25, 0.3) is 0 Å². The van der Waals surface area contributed by atoms with Crippen molar-refractivity contribution in [1.82, 2.24) is 20.1 Å². The maximum absolute atomic E-state index is 12.6. The number of benzene rings is 2. The van der Waals surface area contributed by atoms with Gasteiger partial charge in [-0.1, -0.05) is 54.1 Å². The highest BCUT2D eigenvalue weighted by atomic mass is 16.5. The molecule has 1 aliphatic rings. The third kappa shape index (κ3) is 7.00. The lowest BCUT2D eigenvalue weighted by Gasteiger charge is -2.30. The Balaban J connectivity index is 1.39. The second kappa shape index (κ2) is 11.9. The molecule has 0 unspecified atom stereocenters. The van der Waals surface area contributed by atoms with Crippen LogP contribution in [-0.2, 0) is 24.4 Å². The van der Waals surface area contributed by atoms with Crippen LogP contribution in [0.15, 0.2) is 59.2 Å². The molecule has 0 aliphatic carbocycles. The van der Waals surface area contributed by atoms with Crippen LogP contribution in [0, 0.1) is 13.8 Å². The molecule has 1 N–H and O–H groups in total. The van der Waals surface area contributed by atoms with Crippen molar-refractivity contribution in [3.63, 3.8) is 0 Å². The molecule has 7 nitrogen and oxygen atoms in total. The zero-order valence-electron chi connectivity index (χ0n) is 20.1. The highest BCUT2D eigenvalue weighted by Crippen LogP contribution is 2.16. The highest BCUT2D eigenvalue weighted by Gasteiger charge is 2.18. The number of carbonyl (C=O) groups is 1. The fourth-order valence-corrected chi connectivity index (χ4v) is 4.08. The summed E-state index contributed by atoms with van der Waals surface area (Å²) in [6.07, 6.45) is 1.45. The lowest BCUT2D eigenvalue weighted by Crippen LogP contribution is -2.41. The standard InChI is InChI=1S/C27H34N4O3/c1-21-8-9-22(2)24(16-21)18-31(11-10-30-12-14-33-15-13-30)19-26-29-25(20-34-26)27(32)28-17-23-6-4-3-5-7-23/h3-9,16,20H,10-15,17-19H2,1-2H3,(H,28,32). The summed E-state index contributed by atoms with van der Waals surface area (Å²) >= 11 is 0. The number of rotatable bonds is 10. The third-order valence-corrected chi connectivity index (χ3v) is 6.17. The van der Waals surface area contributed by atoms with E-state index in [0.717, 1.165) is 51.5 Å². The lowest BCUT2D eigenvalue weighted by atomic mass is 10.1. The van der Waals surface area contributed by atoms with Crippen molar-refractivity contribution >= 4 is 5.91 Å². The average Bonchev–Trinajstić information content (AvgIpc) is 3.33. The molecule has 1 aromatic heterocycles. The monoisotopic (exact) mass is 462 g/mol. The van der Waals surface area contributed by atoms with Crippen molar-refractivity contribution in [1.29, 1.82) is 0 Å². The Kier molecular flexibility index (Phi) is 8.46. The van der Waals surface area contributed by atoms with Crippen molar-refractivity contribution in [3.8, 4) is 0 Å². The van der Waals surface area contributed by atoms with Crippen LogP contribution in [0.1, 0.15) is 38.6 Å². The quantitative estimate of drug-likeness (QED) is 0.497. The summed E-state index contributed by atoms with van der Waals surface area (Å²) in [7, 11) is 0. The van der Waals surface area contributed by atoms with Gasteiger partial charge in [-0.3, -0.25) is 14.6 Å². The number of ether oxygens (including phenoxy) is 1. The van der Waals surface area contributed by atoms with Crippen LogP contribution >= 0.6 is 0 Å². The van der Waals surface area contributed by atoms with E-state index in [0.29, 0.717) is 24.7 Å². The molecule has 1 saturated heterocycles. The fourth-order valence-electron chi connectivity index (χ4n) is 4.08. The van der Waals surface area contributed by atoms with E-state index in [1.807, 2.05) is 30.3 Å². The summed E-state index contributed by atoms with van der Waals surface area (Å²) in [5.41, 5.74) is 5.18. The van der Waals surface area contributed by atoms with E-state index in [9.17, 15) is 4.79 Å². The van der Waals surface area contributed by atoms with E-state index >= 15 is 0 Å². The minimum atomic E-state index is -0.228. The number of nitrogens with one attached hydrogen (secondary N) is 1. The molecule has 4 rings (SSSR count). The molecule has 34 heavy (non-hydrogen) atoms. The second-order valence-electron chi connectivity index (χ2n) is 8.89. The average molecular weight is 463 g/mol. The maximum Gasteiger partial charge on any atom is 0.273 e. The molecule has 1 aliphatic heterocycles. The molecule has 0 radical (unpaired) electrons. The van der Waals surface area contributed by atoms with Crippen LogP contribution in [0.5, 0.6) is 0 Å². The topological polar surface area (TPSA) is 70.8 Å². The van der Waals surface area contributed by atoms with E-state index in [-0.39, 0.29) is 5.91 Å². The fraction of sp³-hybridized carbons (Fsp3) is 0.407. The Bertz CT molecular complexity index is 1060. The number of nitrogens with zero attached hydrogens (tertiary/aromatic N) is 3. The van der Waals surface area contributed by atoms with Crippen molar-refractivity contribution in [2.75, 3.05) is 39.4 Å². The van der Waals surface area contributed by atoms with E-state index in [1.54, 1.807) is 0 Å². The van der Waals surface area contributed by atoms with Gasteiger partial charge in [0.1, 0.15) is 6.26 Å². The van der Waals surface area contributed by atoms with Gasteiger partial charge in [-0.2, -0.15) is 0 Å². The van der Waals surface area contributed by atoms with E-state index in [4.69, 9.17) is 9.15 Å². The van der Waals surface area contributed by atoms with Gasteiger partial charge in [-0.25, -0.2) is 4.98 Å². The van der Waals surface area contributed by atoms with E-state index in [2.05, 4.69) is 52.1 Å². The summed E-state index contributed by atoms with van der Waals surface area (Å²) in [4.78, 5) is 21.8. The van der Waals surface area contributed by atoms with Crippen LogP contribution in [0.3, 0.4) is 0 Å². The number of carbonyl (C=O) groups excluding carboxylic acids is 1. The summed E-state index contributed by atoms with van der Waals surface area (Å²) in [6, 6.07) is 16.4. The van der Waals surface area contributed by atoms with Crippen molar-refractivity contribution in [3.05, 3.63) is 88.6 Å². The number of aryl methyl sites for hydroxylation is 2. The van der Waals surface area contributed by atoms with Gasteiger partial charge in [0.15, 0.2) is 5.69 Å². The molecule has 180 valence electrons. The number of morpholine rings is 1. The molecule has 0 spiro atoms. The predicted molar refractivity (Wildman–Crippen MR) is 131 cm³/mol. The van der Waals surface area contributed by atoms with Crippen LogP contribution in [0.2, 0.25) is 0 Å². The first-order valence-corrected chi connectivity index (χ1v) is 11.9. The molecule has 2 aromatic carbocycles. The zero-order valence-corrected chi connectivity index (χ0v) is 20.1. The van der Waals surface area contributed by atoms with E-state index in [1.165, 1.54) is 23.0 Å². The van der Waals surface area contributed by atoms with Gasteiger partial charge in [0.2, 0.25) is 5.89 Å². The van der Waals surface area contributed by atoms with Gasteiger partial charge in [0.25, 0.3) is 5.91 Å². The SMILES string of the molecule is Cc1ccc(C)c(CN(CCN2CCOCC2)Cc2nc(C(=O)NCc3ccccc3)co2)c1. The molecule has 1 fully saturated rings. The molecule has 0 bridgehead atoms. The number of aromatic nitrogens is 1. The summed E-state index contributed by atoms with van der Waals surface area (Å²) in [5.74, 6) is 0.324. The van der Waals surface area contributed by atoms with Gasteiger partial charge in [0, 0.05) is 39.3 Å². The van der Waals surface area contributed by atoms with Crippen molar-refractivity contribution in [2.24, 2.45) is 0 Å². The Hall–Kier alpha value is -3.00. The molecule has 0 atom stereocenters. The first-order valence-electron chi connectivity index (χ1n) is 11.9.